The van der Waals surface area contributed by atoms with Crippen molar-refractivity contribution in [2.24, 2.45) is 5.73 Å². The minimum atomic E-state index is -1.02. The zero-order chi connectivity index (χ0) is 17.1. The first kappa shape index (κ1) is 19.9. The molecule has 0 fully saturated rings. The maximum Gasteiger partial charge on any atom is 0.132 e. The second kappa shape index (κ2) is 11.4. The lowest BCUT2D eigenvalue weighted by Crippen LogP contribution is -2.26. The normalized spacial score (nSPS) is 13.8. The molecule has 1 rings (SSSR count). The quantitative estimate of drug-likeness (QED) is 0.515. The Labute approximate surface area is 138 Å². The number of rotatable bonds is 12. The van der Waals surface area contributed by atoms with Crippen molar-refractivity contribution in [3.8, 4) is 5.75 Å². The van der Waals surface area contributed by atoms with Gasteiger partial charge in [0, 0.05) is 17.7 Å². The van der Waals surface area contributed by atoms with Crippen molar-refractivity contribution < 1.29 is 19.3 Å². The Morgan fingerprint density at radius 1 is 1.17 bits per heavy atom. The van der Waals surface area contributed by atoms with Gasteiger partial charge in [0.2, 0.25) is 0 Å². The van der Waals surface area contributed by atoms with Gasteiger partial charge in [0.1, 0.15) is 11.6 Å². The van der Waals surface area contributed by atoms with E-state index in [0.29, 0.717) is 12.4 Å². The maximum absolute atomic E-state index is 14.0. The molecule has 0 saturated carbocycles. The number of ether oxygens (including phenoxy) is 1. The largest absolute Gasteiger partial charge is 0.493 e. The molecule has 2 atom stereocenters. The molecule has 0 aliphatic carbocycles. The van der Waals surface area contributed by atoms with Crippen LogP contribution in [0.15, 0.2) is 18.2 Å². The molecule has 23 heavy (non-hydrogen) atoms. The lowest BCUT2D eigenvalue weighted by Gasteiger charge is -2.16. The fraction of sp³-hybridized carbons (Fsp3) is 0.667. The van der Waals surface area contributed by atoms with Crippen LogP contribution in [-0.2, 0) is 0 Å². The van der Waals surface area contributed by atoms with Gasteiger partial charge in [-0.1, -0.05) is 39.0 Å². The first-order chi connectivity index (χ1) is 11.1. The van der Waals surface area contributed by atoms with Crippen LogP contribution in [0, 0.1) is 5.82 Å². The second-order valence-electron chi connectivity index (χ2n) is 5.99. The summed E-state index contributed by atoms with van der Waals surface area (Å²) in [5.74, 6) is -0.0402. The maximum atomic E-state index is 14.0. The molecular formula is C18H30FNO3. The third-order valence-electron chi connectivity index (χ3n) is 3.86. The number of nitrogens with two attached hydrogens (primary N) is 1. The van der Waals surface area contributed by atoms with Crippen LogP contribution in [-0.4, -0.2) is 29.5 Å². The number of hydrogen-bond donors (Lipinski definition) is 3. The van der Waals surface area contributed by atoms with Gasteiger partial charge in [0.25, 0.3) is 0 Å². The van der Waals surface area contributed by atoms with Crippen LogP contribution >= 0.6 is 0 Å². The summed E-state index contributed by atoms with van der Waals surface area (Å²) in [5.41, 5.74) is 5.74. The number of aliphatic hydroxyl groups excluding tert-OH is 2. The standard InChI is InChI=1S/C18H30FNO3/c1-2-3-4-5-6-7-10-23-15-8-9-16(17(19)12-15)18(22)11-14(20)13-21/h8-9,12,14,18,21-22H,2-7,10-11,13,20H2,1H3/t14-,18-/m1/s1. The number of aliphatic hydroxyl groups is 2. The van der Waals surface area contributed by atoms with Crippen LogP contribution in [0.25, 0.3) is 0 Å². The Hall–Kier alpha value is -1.17. The Morgan fingerprint density at radius 3 is 2.52 bits per heavy atom. The van der Waals surface area contributed by atoms with Crippen molar-refractivity contribution in [2.45, 2.75) is 64.0 Å². The first-order valence-corrected chi connectivity index (χ1v) is 8.55. The molecule has 0 radical (unpaired) electrons. The van der Waals surface area contributed by atoms with Crippen LogP contribution in [0.5, 0.6) is 5.75 Å². The zero-order valence-electron chi connectivity index (χ0n) is 14.0. The second-order valence-corrected chi connectivity index (χ2v) is 5.99. The average molecular weight is 327 g/mol. The van der Waals surface area contributed by atoms with Gasteiger partial charge in [-0.25, -0.2) is 4.39 Å². The number of halogens is 1. The third-order valence-corrected chi connectivity index (χ3v) is 3.86. The van der Waals surface area contributed by atoms with E-state index in [0.717, 1.165) is 12.8 Å². The smallest absolute Gasteiger partial charge is 0.132 e. The Bertz CT molecular complexity index is 442. The molecule has 0 aliphatic heterocycles. The summed E-state index contributed by atoms with van der Waals surface area (Å²) in [4.78, 5) is 0. The van der Waals surface area contributed by atoms with Gasteiger partial charge >= 0.3 is 0 Å². The van der Waals surface area contributed by atoms with E-state index in [-0.39, 0.29) is 18.6 Å². The first-order valence-electron chi connectivity index (χ1n) is 8.55. The van der Waals surface area contributed by atoms with Crippen LogP contribution in [0.2, 0.25) is 0 Å². The van der Waals surface area contributed by atoms with Crippen molar-refractivity contribution >= 4 is 0 Å². The molecule has 0 unspecified atom stereocenters. The fourth-order valence-corrected chi connectivity index (χ4v) is 2.43. The van der Waals surface area contributed by atoms with E-state index in [2.05, 4.69) is 6.92 Å². The number of unbranched alkanes of at least 4 members (excludes halogenated alkanes) is 5. The lowest BCUT2D eigenvalue weighted by molar-refractivity contribution is 0.136. The topological polar surface area (TPSA) is 75.7 Å². The molecule has 4 N–H and O–H groups in total. The summed E-state index contributed by atoms with van der Waals surface area (Å²) in [5, 5.41) is 18.8. The SMILES string of the molecule is CCCCCCCCOc1ccc([C@H](O)C[C@@H](N)CO)c(F)c1. The van der Waals surface area contributed by atoms with Crippen molar-refractivity contribution in [3.63, 3.8) is 0 Å². The van der Waals surface area contributed by atoms with E-state index in [1.807, 2.05) is 0 Å². The highest BCUT2D eigenvalue weighted by Gasteiger charge is 2.16. The van der Waals surface area contributed by atoms with E-state index in [4.69, 9.17) is 15.6 Å². The van der Waals surface area contributed by atoms with Crippen molar-refractivity contribution in [1.82, 2.24) is 0 Å². The highest BCUT2D eigenvalue weighted by atomic mass is 19.1. The van der Waals surface area contributed by atoms with E-state index in [1.54, 1.807) is 6.07 Å². The van der Waals surface area contributed by atoms with E-state index in [1.165, 1.54) is 37.8 Å². The number of benzene rings is 1. The van der Waals surface area contributed by atoms with Crippen LogP contribution in [0.3, 0.4) is 0 Å². The summed E-state index contributed by atoms with van der Waals surface area (Å²) in [6, 6.07) is 3.90. The van der Waals surface area contributed by atoms with Gasteiger partial charge in [-0.3, -0.25) is 0 Å². The average Bonchev–Trinajstić information content (AvgIpc) is 2.53. The molecule has 0 heterocycles. The molecule has 0 aliphatic rings. The predicted molar refractivity (Wildman–Crippen MR) is 89.9 cm³/mol. The molecule has 0 amide bonds. The van der Waals surface area contributed by atoms with Gasteiger partial charge in [0.15, 0.2) is 0 Å². The van der Waals surface area contributed by atoms with Gasteiger partial charge in [0.05, 0.1) is 19.3 Å². The Kier molecular flexibility index (Phi) is 9.83. The molecule has 0 spiro atoms. The highest BCUT2D eigenvalue weighted by Crippen LogP contribution is 2.25. The summed E-state index contributed by atoms with van der Waals surface area (Å²) < 4.78 is 19.6. The van der Waals surface area contributed by atoms with E-state index in [9.17, 15) is 9.50 Å². The van der Waals surface area contributed by atoms with Crippen LogP contribution < -0.4 is 10.5 Å². The minimum absolute atomic E-state index is 0.116. The molecule has 1 aromatic rings. The van der Waals surface area contributed by atoms with Gasteiger partial charge in [-0.05, 0) is 25.0 Å². The summed E-state index contributed by atoms with van der Waals surface area (Å²) >= 11 is 0. The molecular weight excluding hydrogens is 297 g/mol. The van der Waals surface area contributed by atoms with Gasteiger partial charge in [-0.15, -0.1) is 0 Å². The predicted octanol–water partition coefficient (Wildman–Crippen LogP) is 3.31. The van der Waals surface area contributed by atoms with Gasteiger partial charge < -0.3 is 20.7 Å². The highest BCUT2D eigenvalue weighted by molar-refractivity contribution is 5.30. The van der Waals surface area contributed by atoms with Crippen molar-refractivity contribution in [2.75, 3.05) is 13.2 Å². The Morgan fingerprint density at radius 2 is 1.87 bits per heavy atom. The van der Waals surface area contributed by atoms with Crippen LogP contribution in [0.4, 0.5) is 4.39 Å². The molecule has 0 bridgehead atoms. The Balaban J connectivity index is 2.37. The molecule has 5 heteroatoms. The number of hydrogen-bond acceptors (Lipinski definition) is 4. The molecule has 0 aromatic heterocycles. The monoisotopic (exact) mass is 327 g/mol. The van der Waals surface area contributed by atoms with E-state index < -0.39 is 18.0 Å². The summed E-state index contributed by atoms with van der Waals surface area (Å²) in [6.45, 7) is 2.52. The lowest BCUT2D eigenvalue weighted by atomic mass is 10.0. The molecule has 0 saturated heterocycles. The summed E-state index contributed by atoms with van der Waals surface area (Å²) in [7, 11) is 0. The molecule has 1 aromatic carbocycles. The minimum Gasteiger partial charge on any atom is -0.493 e. The molecule has 132 valence electrons. The zero-order valence-corrected chi connectivity index (χ0v) is 14.0. The van der Waals surface area contributed by atoms with Crippen LogP contribution in [0.1, 0.15) is 63.5 Å². The fourth-order valence-electron chi connectivity index (χ4n) is 2.43. The summed E-state index contributed by atoms with van der Waals surface area (Å²) in [6.07, 6.45) is 6.15. The van der Waals surface area contributed by atoms with Gasteiger partial charge in [-0.2, -0.15) is 0 Å². The van der Waals surface area contributed by atoms with E-state index >= 15 is 0 Å². The van der Waals surface area contributed by atoms with Crippen molar-refractivity contribution in [3.05, 3.63) is 29.6 Å². The van der Waals surface area contributed by atoms with Crippen molar-refractivity contribution in [1.29, 1.82) is 0 Å². The molecule has 4 nitrogen and oxygen atoms in total. The third kappa shape index (κ3) is 7.77.